The Morgan fingerprint density at radius 2 is 2.00 bits per heavy atom. The van der Waals surface area contributed by atoms with Crippen LogP contribution in [0.3, 0.4) is 0 Å². The molecular formula is C11H13Cl3N2O2. The zero-order chi connectivity index (χ0) is 13.9. The summed E-state index contributed by atoms with van der Waals surface area (Å²) in [6.07, 6.45) is 1.27. The first-order chi connectivity index (χ1) is 8.28. The molecule has 0 spiro atoms. The second-order valence-electron chi connectivity index (χ2n) is 4.59. The molecule has 0 bridgehead atoms. The van der Waals surface area contributed by atoms with Gasteiger partial charge in [0.2, 0.25) is 0 Å². The number of nitrogens with zero attached hydrogens (tertiary/aromatic N) is 1. The minimum atomic E-state index is -0.458. The van der Waals surface area contributed by atoms with Crippen LogP contribution < -0.4 is 5.32 Å². The highest BCUT2D eigenvalue weighted by Crippen LogP contribution is 2.31. The highest BCUT2D eigenvalue weighted by molar-refractivity contribution is 6.48. The van der Waals surface area contributed by atoms with Gasteiger partial charge in [0.15, 0.2) is 0 Å². The third-order valence-electron chi connectivity index (χ3n) is 2.29. The Labute approximate surface area is 120 Å². The summed E-state index contributed by atoms with van der Waals surface area (Å²) in [5.74, 6) is -0.458. The maximum Gasteiger partial charge on any atom is 0.271 e. The third-order valence-corrected chi connectivity index (χ3v) is 3.53. The number of hydrogen-bond acceptors (Lipinski definition) is 3. The second-order valence-corrected chi connectivity index (χ2v) is 5.75. The lowest BCUT2D eigenvalue weighted by Gasteiger charge is -2.21. The van der Waals surface area contributed by atoms with E-state index in [4.69, 9.17) is 39.9 Å². The normalized spacial score (nSPS) is 11.4. The van der Waals surface area contributed by atoms with Crippen LogP contribution in [0, 0.1) is 5.41 Å². The molecule has 1 rings (SSSR count). The molecule has 0 aliphatic carbocycles. The number of pyridine rings is 1. The second kappa shape index (κ2) is 6.06. The summed E-state index contributed by atoms with van der Waals surface area (Å²) in [7, 11) is 0. The van der Waals surface area contributed by atoms with Gasteiger partial charge >= 0.3 is 0 Å². The monoisotopic (exact) mass is 310 g/mol. The van der Waals surface area contributed by atoms with E-state index in [1.807, 2.05) is 13.8 Å². The van der Waals surface area contributed by atoms with Crippen molar-refractivity contribution in [2.24, 2.45) is 5.41 Å². The Hall–Kier alpha value is -0.550. The van der Waals surface area contributed by atoms with E-state index in [2.05, 4.69) is 10.3 Å². The number of amides is 1. The molecule has 0 fully saturated rings. The largest absolute Gasteiger partial charge is 0.396 e. The quantitative estimate of drug-likeness (QED) is 0.899. The number of hydrogen-bond donors (Lipinski definition) is 2. The number of carbonyl (C=O) groups is 1. The van der Waals surface area contributed by atoms with Gasteiger partial charge in [-0.15, -0.1) is 0 Å². The van der Waals surface area contributed by atoms with Crippen LogP contribution >= 0.6 is 34.8 Å². The number of nitrogens with one attached hydrogen (secondary N) is 1. The van der Waals surface area contributed by atoms with Gasteiger partial charge in [0.1, 0.15) is 5.69 Å². The number of aromatic nitrogens is 1. The van der Waals surface area contributed by atoms with Crippen LogP contribution in [0.25, 0.3) is 0 Å². The van der Waals surface area contributed by atoms with Gasteiger partial charge in [-0.1, -0.05) is 48.7 Å². The lowest BCUT2D eigenvalue weighted by atomic mass is 9.95. The number of aliphatic hydroxyl groups excluding tert-OH is 1. The van der Waals surface area contributed by atoms with E-state index >= 15 is 0 Å². The first kappa shape index (κ1) is 15.5. The predicted molar refractivity (Wildman–Crippen MR) is 72.5 cm³/mol. The van der Waals surface area contributed by atoms with Crippen molar-refractivity contribution in [3.05, 3.63) is 27.0 Å². The number of halogens is 3. The maximum absolute atomic E-state index is 11.9. The molecule has 0 aromatic carbocycles. The molecule has 0 saturated heterocycles. The van der Waals surface area contributed by atoms with Gasteiger partial charge in [-0.3, -0.25) is 4.79 Å². The number of rotatable bonds is 4. The fourth-order valence-electron chi connectivity index (χ4n) is 1.06. The Balaban J connectivity index is 2.83. The fraction of sp³-hybridized carbons (Fsp3) is 0.455. The van der Waals surface area contributed by atoms with Crippen LogP contribution in [-0.4, -0.2) is 29.1 Å². The molecule has 0 saturated carbocycles. The lowest BCUT2D eigenvalue weighted by Crippen LogP contribution is -2.36. The highest BCUT2D eigenvalue weighted by Gasteiger charge is 2.21. The molecule has 0 aliphatic rings. The molecule has 18 heavy (non-hydrogen) atoms. The summed E-state index contributed by atoms with van der Waals surface area (Å²) < 4.78 is 0. The van der Waals surface area contributed by atoms with Crippen LogP contribution in [0.5, 0.6) is 0 Å². The molecule has 1 aromatic heterocycles. The molecule has 100 valence electrons. The number of carbonyl (C=O) groups excluding carboxylic acids is 1. The lowest BCUT2D eigenvalue weighted by molar-refractivity contribution is 0.0906. The topological polar surface area (TPSA) is 62.2 Å². The molecule has 7 heteroatoms. The van der Waals surface area contributed by atoms with Gasteiger partial charge < -0.3 is 10.4 Å². The van der Waals surface area contributed by atoms with Crippen molar-refractivity contribution in [3.8, 4) is 0 Å². The molecule has 2 N–H and O–H groups in total. The fourth-order valence-corrected chi connectivity index (χ4v) is 1.63. The summed E-state index contributed by atoms with van der Waals surface area (Å²) >= 11 is 17.4. The minimum absolute atomic E-state index is 0.0137. The summed E-state index contributed by atoms with van der Waals surface area (Å²) in [4.78, 5) is 15.7. The first-order valence-corrected chi connectivity index (χ1v) is 6.30. The summed E-state index contributed by atoms with van der Waals surface area (Å²) in [5, 5.41) is 12.0. The SMILES string of the molecule is CC(C)(CO)CNC(=O)c1ncc(Cl)c(Cl)c1Cl. The molecule has 1 amide bonds. The minimum Gasteiger partial charge on any atom is -0.396 e. The van der Waals surface area contributed by atoms with Crippen molar-refractivity contribution in [2.75, 3.05) is 13.2 Å². The zero-order valence-corrected chi connectivity index (χ0v) is 12.2. The Bertz CT molecular complexity index is 464. The maximum atomic E-state index is 11.9. The van der Waals surface area contributed by atoms with Crippen molar-refractivity contribution in [1.82, 2.24) is 10.3 Å². The molecule has 0 aliphatic heterocycles. The van der Waals surface area contributed by atoms with E-state index in [9.17, 15) is 4.79 Å². The van der Waals surface area contributed by atoms with Crippen molar-refractivity contribution < 1.29 is 9.90 Å². The summed E-state index contributed by atoms with van der Waals surface area (Å²) in [6.45, 7) is 3.88. The predicted octanol–water partition coefficient (Wildman–Crippen LogP) is 2.79. The molecule has 0 atom stereocenters. The molecule has 0 unspecified atom stereocenters. The van der Waals surface area contributed by atoms with Crippen molar-refractivity contribution in [2.45, 2.75) is 13.8 Å². The van der Waals surface area contributed by atoms with Crippen LogP contribution in [-0.2, 0) is 0 Å². The van der Waals surface area contributed by atoms with Crippen LogP contribution in [0.1, 0.15) is 24.3 Å². The summed E-state index contributed by atoms with van der Waals surface area (Å²) in [5.41, 5.74) is -0.405. The number of aliphatic hydroxyl groups is 1. The molecule has 4 nitrogen and oxygen atoms in total. The van der Waals surface area contributed by atoms with Crippen molar-refractivity contribution in [3.63, 3.8) is 0 Å². The van der Waals surface area contributed by atoms with Gasteiger partial charge in [-0.2, -0.15) is 0 Å². The first-order valence-electron chi connectivity index (χ1n) is 5.17. The summed E-state index contributed by atoms with van der Waals surface area (Å²) in [6, 6.07) is 0. The van der Waals surface area contributed by atoms with E-state index in [-0.39, 0.29) is 27.4 Å². The molecule has 0 radical (unpaired) electrons. The van der Waals surface area contributed by atoms with E-state index in [1.54, 1.807) is 0 Å². The van der Waals surface area contributed by atoms with Crippen LogP contribution in [0.4, 0.5) is 0 Å². The Morgan fingerprint density at radius 3 is 2.56 bits per heavy atom. The Kier molecular flexibility index (Phi) is 5.22. The molecular weight excluding hydrogens is 298 g/mol. The van der Waals surface area contributed by atoms with Crippen LogP contribution in [0.15, 0.2) is 6.20 Å². The average Bonchev–Trinajstić information content (AvgIpc) is 2.33. The zero-order valence-electron chi connectivity index (χ0n) is 9.93. The van der Waals surface area contributed by atoms with Gasteiger partial charge in [0.05, 0.1) is 15.1 Å². The smallest absolute Gasteiger partial charge is 0.271 e. The van der Waals surface area contributed by atoms with E-state index < -0.39 is 11.3 Å². The third kappa shape index (κ3) is 3.72. The van der Waals surface area contributed by atoms with Gasteiger partial charge in [0, 0.05) is 24.8 Å². The van der Waals surface area contributed by atoms with Crippen molar-refractivity contribution in [1.29, 1.82) is 0 Å². The molecule has 1 heterocycles. The van der Waals surface area contributed by atoms with E-state index in [0.29, 0.717) is 6.54 Å². The van der Waals surface area contributed by atoms with Gasteiger partial charge in [-0.25, -0.2) is 4.98 Å². The standard InChI is InChI=1S/C11H13Cl3N2O2/c1-11(2,5-17)4-16-10(18)9-8(14)7(13)6(12)3-15-9/h3,17H,4-5H2,1-2H3,(H,16,18). The van der Waals surface area contributed by atoms with Crippen LogP contribution in [0.2, 0.25) is 15.1 Å². The average molecular weight is 312 g/mol. The Morgan fingerprint density at radius 1 is 1.39 bits per heavy atom. The van der Waals surface area contributed by atoms with Gasteiger partial charge in [0.25, 0.3) is 5.91 Å². The van der Waals surface area contributed by atoms with Crippen molar-refractivity contribution >= 4 is 40.7 Å². The van der Waals surface area contributed by atoms with Gasteiger partial charge in [-0.05, 0) is 0 Å². The van der Waals surface area contributed by atoms with E-state index in [0.717, 1.165) is 0 Å². The molecule has 1 aromatic rings. The van der Waals surface area contributed by atoms with E-state index in [1.165, 1.54) is 6.20 Å². The highest BCUT2D eigenvalue weighted by atomic mass is 35.5.